The molecule has 94 valence electrons. The summed E-state index contributed by atoms with van der Waals surface area (Å²) in [6.45, 7) is 10.0. The van der Waals surface area contributed by atoms with Crippen LogP contribution in [0.15, 0.2) is 0 Å². The van der Waals surface area contributed by atoms with Crippen LogP contribution < -0.4 is 10.6 Å². The molecule has 0 radical (unpaired) electrons. The molecule has 0 aromatic heterocycles. The summed E-state index contributed by atoms with van der Waals surface area (Å²) < 4.78 is 0. The van der Waals surface area contributed by atoms with Gasteiger partial charge in [-0.2, -0.15) is 0 Å². The number of nitrogens with one attached hydrogen (secondary N) is 2. The van der Waals surface area contributed by atoms with Gasteiger partial charge in [0.1, 0.15) is 0 Å². The Kier molecular flexibility index (Phi) is 4.78. The number of carbonyl (C=O) groups excluding carboxylic acids is 1. The highest BCUT2D eigenvalue weighted by Gasteiger charge is 2.30. The molecule has 3 heteroatoms. The molecule has 0 spiro atoms. The third-order valence-corrected chi connectivity index (χ3v) is 3.23. The molecule has 1 atom stereocenters. The second-order valence-electron chi connectivity index (χ2n) is 6.18. The lowest BCUT2D eigenvalue weighted by atomic mass is 9.92. The van der Waals surface area contributed by atoms with E-state index in [-0.39, 0.29) is 5.91 Å². The first-order chi connectivity index (χ1) is 7.39. The predicted molar refractivity (Wildman–Crippen MR) is 67.3 cm³/mol. The molecule has 2 N–H and O–H groups in total. The van der Waals surface area contributed by atoms with Crippen molar-refractivity contribution in [3.8, 4) is 0 Å². The van der Waals surface area contributed by atoms with Gasteiger partial charge in [-0.15, -0.1) is 0 Å². The zero-order valence-corrected chi connectivity index (χ0v) is 11.1. The van der Waals surface area contributed by atoms with Gasteiger partial charge >= 0.3 is 0 Å². The Morgan fingerprint density at radius 1 is 1.44 bits per heavy atom. The highest BCUT2D eigenvalue weighted by molar-refractivity contribution is 5.77. The van der Waals surface area contributed by atoms with Crippen molar-refractivity contribution in [2.45, 2.75) is 53.0 Å². The molecule has 0 saturated heterocycles. The van der Waals surface area contributed by atoms with Crippen LogP contribution in [-0.2, 0) is 4.79 Å². The third kappa shape index (κ3) is 4.97. The molecule has 1 unspecified atom stereocenters. The van der Waals surface area contributed by atoms with Crippen molar-refractivity contribution in [3.63, 3.8) is 0 Å². The zero-order valence-electron chi connectivity index (χ0n) is 11.1. The normalized spacial score (nSPS) is 23.7. The molecule has 1 fully saturated rings. The van der Waals surface area contributed by atoms with Crippen molar-refractivity contribution in [3.05, 3.63) is 0 Å². The number of carbonyl (C=O) groups is 1. The summed E-state index contributed by atoms with van der Waals surface area (Å²) in [7, 11) is 0. The maximum Gasteiger partial charge on any atom is 0.233 e. The predicted octanol–water partition coefficient (Wildman–Crippen LogP) is 1.93. The van der Waals surface area contributed by atoms with Crippen LogP contribution >= 0.6 is 0 Å². The summed E-state index contributed by atoms with van der Waals surface area (Å²) in [6.07, 6.45) is 3.65. The molecule has 1 aliphatic rings. The fourth-order valence-corrected chi connectivity index (χ4v) is 2.23. The summed E-state index contributed by atoms with van der Waals surface area (Å²) >= 11 is 0. The van der Waals surface area contributed by atoms with Gasteiger partial charge in [0.2, 0.25) is 5.91 Å². The number of rotatable bonds is 5. The van der Waals surface area contributed by atoms with Crippen LogP contribution in [0, 0.1) is 11.3 Å². The lowest BCUT2D eigenvalue weighted by Gasteiger charge is -2.17. The van der Waals surface area contributed by atoms with Crippen molar-refractivity contribution < 1.29 is 4.79 Å². The van der Waals surface area contributed by atoms with Crippen molar-refractivity contribution in [1.29, 1.82) is 0 Å². The molecule has 3 nitrogen and oxygen atoms in total. The lowest BCUT2D eigenvalue weighted by Crippen LogP contribution is -2.39. The molecule has 0 bridgehead atoms. The van der Waals surface area contributed by atoms with Gasteiger partial charge in [0.05, 0.1) is 6.54 Å². The first-order valence-electron chi connectivity index (χ1n) is 6.39. The zero-order chi connectivity index (χ0) is 12.2. The summed E-state index contributed by atoms with van der Waals surface area (Å²) in [6, 6.07) is 0.528. The molecule has 0 aromatic rings. The molecule has 1 saturated carbocycles. The van der Waals surface area contributed by atoms with Crippen molar-refractivity contribution in [1.82, 2.24) is 10.6 Å². The highest BCUT2D eigenvalue weighted by atomic mass is 16.1. The van der Waals surface area contributed by atoms with Crippen LogP contribution in [0.25, 0.3) is 0 Å². The highest BCUT2D eigenvalue weighted by Crippen LogP contribution is 2.36. The van der Waals surface area contributed by atoms with E-state index in [9.17, 15) is 4.79 Å². The van der Waals surface area contributed by atoms with Gasteiger partial charge in [-0.1, -0.05) is 27.7 Å². The monoisotopic (exact) mass is 226 g/mol. The third-order valence-electron chi connectivity index (χ3n) is 3.23. The number of hydrogen-bond donors (Lipinski definition) is 2. The van der Waals surface area contributed by atoms with E-state index in [0.29, 0.717) is 23.9 Å². The Bertz CT molecular complexity index is 236. The summed E-state index contributed by atoms with van der Waals surface area (Å²) in [5.74, 6) is 0.646. The second kappa shape index (κ2) is 5.67. The van der Waals surface area contributed by atoms with Crippen LogP contribution in [0.5, 0.6) is 0 Å². The summed E-state index contributed by atoms with van der Waals surface area (Å²) in [5, 5.41) is 6.27. The fraction of sp³-hybridized carbons (Fsp3) is 0.923. The van der Waals surface area contributed by atoms with Gasteiger partial charge in [0.25, 0.3) is 0 Å². The summed E-state index contributed by atoms with van der Waals surface area (Å²) in [5.41, 5.74) is 0.450. The molecule has 16 heavy (non-hydrogen) atoms. The largest absolute Gasteiger partial charge is 0.355 e. The van der Waals surface area contributed by atoms with Crippen LogP contribution in [0.4, 0.5) is 0 Å². The van der Waals surface area contributed by atoms with E-state index in [2.05, 4.69) is 38.3 Å². The van der Waals surface area contributed by atoms with Crippen LogP contribution in [0.2, 0.25) is 0 Å². The molecule has 1 amide bonds. The quantitative estimate of drug-likeness (QED) is 0.752. The van der Waals surface area contributed by atoms with Gasteiger partial charge in [-0.05, 0) is 30.6 Å². The van der Waals surface area contributed by atoms with Crippen molar-refractivity contribution in [2.24, 2.45) is 11.3 Å². The first-order valence-corrected chi connectivity index (χ1v) is 6.39. The van der Waals surface area contributed by atoms with Crippen molar-refractivity contribution >= 4 is 5.91 Å². The van der Waals surface area contributed by atoms with Gasteiger partial charge in [0, 0.05) is 12.6 Å². The lowest BCUT2D eigenvalue weighted by molar-refractivity contribution is -0.120. The Labute approximate surface area is 99.4 Å². The Hall–Kier alpha value is -0.570. The molecular weight excluding hydrogens is 200 g/mol. The molecule has 0 aromatic carbocycles. The second-order valence-corrected chi connectivity index (χ2v) is 6.18. The SMILES string of the molecule is CC(C)CNC(=O)CNC1CCC(C)(C)C1. The average Bonchev–Trinajstić information content (AvgIpc) is 2.52. The molecule has 0 aliphatic heterocycles. The van der Waals surface area contributed by atoms with Gasteiger partial charge in [-0.3, -0.25) is 4.79 Å². The fourth-order valence-electron chi connectivity index (χ4n) is 2.23. The maximum absolute atomic E-state index is 11.5. The van der Waals surface area contributed by atoms with Crippen LogP contribution in [-0.4, -0.2) is 25.0 Å². The standard InChI is InChI=1S/C13H26N2O/c1-10(2)8-15-12(16)9-14-11-5-6-13(3,4)7-11/h10-11,14H,5-9H2,1-4H3,(H,15,16). The topological polar surface area (TPSA) is 41.1 Å². The summed E-state index contributed by atoms with van der Waals surface area (Å²) in [4.78, 5) is 11.5. The number of amides is 1. The Balaban J connectivity index is 2.13. The van der Waals surface area contributed by atoms with E-state index in [1.165, 1.54) is 19.3 Å². The van der Waals surface area contributed by atoms with Crippen molar-refractivity contribution in [2.75, 3.05) is 13.1 Å². The average molecular weight is 226 g/mol. The molecule has 0 heterocycles. The molecule has 1 aliphatic carbocycles. The minimum absolute atomic E-state index is 0.124. The van der Waals surface area contributed by atoms with E-state index in [4.69, 9.17) is 0 Å². The minimum atomic E-state index is 0.124. The Morgan fingerprint density at radius 2 is 2.12 bits per heavy atom. The van der Waals surface area contributed by atoms with E-state index in [0.717, 1.165) is 6.54 Å². The smallest absolute Gasteiger partial charge is 0.233 e. The molecule has 1 rings (SSSR count). The van der Waals surface area contributed by atoms with Crippen LogP contribution in [0.3, 0.4) is 0 Å². The maximum atomic E-state index is 11.5. The Morgan fingerprint density at radius 3 is 2.62 bits per heavy atom. The van der Waals surface area contributed by atoms with E-state index in [1.54, 1.807) is 0 Å². The van der Waals surface area contributed by atoms with Gasteiger partial charge in [-0.25, -0.2) is 0 Å². The van der Waals surface area contributed by atoms with E-state index < -0.39 is 0 Å². The van der Waals surface area contributed by atoms with Gasteiger partial charge < -0.3 is 10.6 Å². The van der Waals surface area contributed by atoms with E-state index in [1.807, 2.05) is 0 Å². The van der Waals surface area contributed by atoms with Crippen LogP contribution in [0.1, 0.15) is 47.0 Å². The minimum Gasteiger partial charge on any atom is -0.355 e. The van der Waals surface area contributed by atoms with Gasteiger partial charge in [0.15, 0.2) is 0 Å². The molecular formula is C13H26N2O. The first kappa shape index (κ1) is 13.5. The van der Waals surface area contributed by atoms with E-state index >= 15 is 0 Å². The number of hydrogen-bond acceptors (Lipinski definition) is 2.